The van der Waals surface area contributed by atoms with E-state index in [9.17, 15) is 13.2 Å². The van der Waals surface area contributed by atoms with Gasteiger partial charge < -0.3 is 9.80 Å². The Hall–Kier alpha value is -2.65. The second-order valence-electron chi connectivity index (χ2n) is 9.30. The van der Waals surface area contributed by atoms with Crippen LogP contribution in [0.4, 0.5) is 0 Å². The van der Waals surface area contributed by atoms with Gasteiger partial charge in [-0.15, -0.1) is 3.97 Å². The zero-order chi connectivity index (χ0) is 22.6. The average molecular weight is 457 g/mol. The fraction of sp³-hybridized carbons (Fsp3) is 0.478. The molecule has 1 amide bonds. The molecule has 170 valence electrons. The summed E-state index contributed by atoms with van der Waals surface area (Å²) in [5, 5.41) is 0.850. The summed E-state index contributed by atoms with van der Waals surface area (Å²) in [5.74, 6) is 0.684. The van der Waals surface area contributed by atoms with Crippen molar-refractivity contribution in [2.45, 2.75) is 32.7 Å². The number of amides is 1. The third kappa shape index (κ3) is 3.44. The highest BCUT2D eigenvalue weighted by Gasteiger charge is 2.33. The Morgan fingerprint density at radius 3 is 2.59 bits per heavy atom. The highest BCUT2D eigenvalue weighted by Crippen LogP contribution is 2.33. The number of hydrogen-bond acceptors (Lipinski definition) is 4. The van der Waals surface area contributed by atoms with Crippen molar-refractivity contribution in [1.29, 1.82) is 0 Å². The molecule has 2 aliphatic heterocycles. The van der Waals surface area contributed by atoms with E-state index in [1.54, 1.807) is 42.5 Å². The molecule has 4 heterocycles. The van der Waals surface area contributed by atoms with Crippen LogP contribution in [0.2, 0.25) is 0 Å². The van der Waals surface area contributed by atoms with E-state index < -0.39 is 10.2 Å². The first-order valence-electron chi connectivity index (χ1n) is 11.2. The number of aromatic nitrogens is 3. The smallest absolute Gasteiger partial charge is 0.339 e. The van der Waals surface area contributed by atoms with Gasteiger partial charge in [-0.25, -0.2) is 8.54 Å². The predicted octanol–water partition coefficient (Wildman–Crippen LogP) is 1.77. The molecular formula is C23H30N5O3S+. The van der Waals surface area contributed by atoms with E-state index in [1.165, 1.54) is 7.94 Å². The van der Waals surface area contributed by atoms with Gasteiger partial charge in [0.1, 0.15) is 12.4 Å². The second kappa shape index (κ2) is 7.74. The Bertz CT molecular complexity index is 1300. The molecule has 9 heteroatoms. The van der Waals surface area contributed by atoms with Crippen molar-refractivity contribution in [3.05, 3.63) is 53.7 Å². The van der Waals surface area contributed by atoms with Gasteiger partial charge in [-0.1, -0.05) is 6.92 Å². The summed E-state index contributed by atoms with van der Waals surface area (Å²) >= 11 is 0. The highest BCUT2D eigenvalue weighted by atomic mass is 32.2. The molecule has 1 saturated heterocycles. The van der Waals surface area contributed by atoms with Crippen LogP contribution in [-0.4, -0.2) is 58.8 Å². The highest BCUT2D eigenvalue weighted by molar-refractivity contribution is 7.88. The summed E-state index contributed by atoms with van der Waals surface area (Å²) in [6.07, 6.45) is 7.50. The first-order valence-corrected chi connectivity index (χ1v) is 12.6. The summed E-state index contributed by atoms with van der Waals surface area (Å²) in [5.41, 5.74) is 3.07. The summed E-state index contributed by atoms with van der Waals surface area (Å²) in [7, 11) is 0.0118. The van der Waals surface area contributed by atoms with Gasteiger partial charge in [0.25, 0.3) is 12.2 Å². The molecule has 0 atom stereocenters. The largest absolute Gasteiger partial charge is 0.407 e. The third-order valence-corrected chi connectivity index (χ3v) is 8.48. The van der Waals surface area contributed by atoms with Crippen molar-refractivity contribution < 1.29 is 17.8 Å². The molecule has 1 fully saturated rings. The van der Waals surface area contributed by atoms with Gasteiger partial charge in [0.05, 0.1) is 12.6 Å². The maximum Gasteiger partial charge on any atom is 0.407 e. The van der Waals surface area contributed by atoms with Crippen molar-refractivity contribution >= 4 is 27.0 Å². The van der Waals surface area contributed by atoms with Crippen LogP contribution in [-0.2, 0) is 30.2 Å². The number of rotatable bonds is 3. The number of fused-ring (bicyclic) bond motifs is 3. The molecule has 0 radical (unpaired) electrons. The lowest BCUT2D eigenvalue weighted by atomic mass is 9.98. The molecule has 0 N–H and O–H groups in total. The predicted molar refractivity (Wildman–Crippen MR) is 122 cm³/mol. The maximum atomic E-state index is 13.6. The molecule has 0 aliphatic carbocycles. The Morgan fingerprint density at radius 1 is 1.16 bits per heavy atom. The zero-order valence-electron chi connectivity index (χ0n) is 18.9. The molecule has 0 unspecified atom stereocenters. The Kier molecular flexibility index (Phi) is 5.13. The van der Waals surface area contributed by atoms with Gasteiger partial charge in [-0.3, -0.25) is 4.79 Å². The Morgan fingerprint density at radius 2 is 1.91 bits per heavy atom. The van der Waals surface area contributed by atoms with Crippen molar-refractivity contribution in [2.75, 3.05) is 26.7 Å². The lowest BCUT2D eigenvalue weighted by Gasteiger charge is -2.30. The molecule has 32 heavy (non-hydrogen) atoms. The van der Waals surface area contributed by atoms with Gasteiger partial charge in [0, 0.05) is 49.2 Å². The van der Waals surface area contributed by atoms with Crippen LogP contribution in [0, 0.1) is 5.92 Å². The number of hydrogen-bond donors (Lipinski definition) is 0. The molecule has 0 spiro atoms. The molecule has 5 rings (SSSR count). The molecule has 2 aliphatic rings. The normalized spacial score (nSPS) is 18.3. The third-order valence-electron chi connectivity index (χ3n) is 6.85. The van der Waals surface area contributed by atoms with E-state index in [4.69, 9.17) is 0 Å². The fourth-order valence-electron chi connectivity index (χ4n) is 4.90. The molecular weight excluding hydrogens is 426 g/mol. The minimum atomic E-state index is -3.82. The van der Waals surface area contributed by atoms with Gasteiger partial charge in [0.2, 0.25) is 0 Å². The lowest BCUT2D eigenvalue weighted by molar-refractivity contribution is -0.670. The average Bonchev–Trinajstić information content (AvgIpc) is 3.35. The number of benzene rings is 1. The van der Waals surface area contributed by atoms with Gasteiger partial charge in [-0.2, -0.15) is 8.42 Å². The number of aryl methyl sites for hydroxylation is 1. The van der Waals surface area contributed by atoms with E-state index in [0.717, 1.165) is 49.1 Å². The van der Waals surface area contributed by atoms with Gasteiger partial charge in [-0.05, 0) is 49.6 Å². The molecule has 2 aromatic heterocycles. The first-order chi connectivity index (χ1) is 15.3. The summed E-state index contributed by atoms with van der Waals surface area (Å²) in [6, 6.07) is 5.48. The number of carbonyl (C=O) groups is 1. The number of carbonyl (C=O) groups excluding carboxylic acids is 1. The molecule has 0 saturated carbocycles. The van der Waals surface area contributed by atoms with Crippen molar-refractivity contribution in [1.82, 2.24) is 17.7 Å². The topological polar surface area (TPSA) is 71.4 Å². The first kappa shape index (κ1) is 21.2. The summed E-state index contributed by atoms with van der Waals surface area (Å²) in [6.45, 7) is 5.23. The van der Waals surface area contributed by atoms with Crippen LogP contribution in [0.25, 0.3) is 10.9 Å². The monoisotopic (exact) mass is 456 g/mol. The van der Waals surface area contributed by atoms with Crippen molar-refractivity contribution in [3.63, 3.8) is 0 Å². The molecule has 0 bridgehead atoms. The van der Waals surface area contributed by atoms with Crippen LogP contribution in [0.15, 0.2) is 36.9 Å². The number of likely N-dealkylation sites (tertiary alicyclic amines) is 1. The lowest BCUT2D eigenvalue weighted by Crippen LogP contribution is -2.37. The van der Waals surface area contributed by atoms with E-state index in [-0.39, 0.29) is 5.91 Å². The van der Waals surface area contributed by atoms with Crippen LogP contribution >= 0.6 is 0 Å². The van der Waals surface area contributed by atoms with E-state index in [2.05, 4.69) is 11.8 Å². The SMILES string of the molecule is CC1CCN(C(=O)c2ccc3c(c2)c2c(n3S(=O)(=O)n3cc[n+](C)c3)CCN(C)C2)CC1. The standard InChI is InChI=1S/C23H30N5O3S/c1-17-6-10-26(11-7-17)23(29)18-4-5-21-19(14-18)20-15-24(2)9-8-22(20)28(21)32(30,31)27-13-12-25(3)16-27/h4-5,12-14,16-17H,6-11,15H2,1-3H3/q+1. The zero-order valence-corrected chi connectivity index (χ0v) is 19.7. The minimum Gasteiger partial charge on any atom is -0.339 e. The van der Waals surface area contributed by atoms with E-state index in [1.807, 2.05) is 18.0 Å². The molecule has 1 aromatic carbocycles. The van der Waals surface area contributed by atoms with E-state index >= 15 is 0 Å². The summed E-state index contributed by atoms with van der Waals surface area (Å²) in [4.78, 5) is 17.3. The molecule has 3 aromatic rings. The van der Waals surface area contributed by atoms with Gasteiger partial charge in [0.15, 0.2) is 0 Å². The van der Waals surface area contributed by atoms with Crippen molar-refractivity contribution in [3.8, 4) is 0 Å². The maximum absolute atomic E-state index is 13.6. The molecule has 8 nitrogen and oxygen atoms in total. The number of likely N-dealkylation sites (N-methyl/N-ethyl adjacent to an activating group) is 1. The van der Waals surface area contributed by atoms with Crippen LogP contribution in [0.3, 0.4) is 0 Å². The number of imidazole rings is 1. The van der Waals surface area contributed by atoms with Crippen LogP contribution in [0.5, 0.6) is 0 Å². The Labute approximate surface area is 188 Å². The van der Waals surface area contributed by atoms with Crippen LogP contribution < -0.4 is 4.57 Å². The fourth-order valence-corrected chi connectivity index (χ4v) is 6.45. The van der Waals surface area contributed by atoms with E-state index in [0.29, 0.717) is 30.0 Å². The number of piperidine rings is 1. The minimum absolute atomic E-state index is 0.0322. The second-order valence-corrected chi connectivity index (χ2v) is 11.0. The number of nitrogens with zero attached hydrogens (tertiary/aromatic N) is 5. The summed E-state index contributed by atoms with van der Waals surface area (Å²) < 4.78 is 31.6. The Balaban J connectivity index is 1.64. The quantitative estimate of drug-likeness (QED) is 0.563. The van der Waals surface area contributed by atoms with Crippen molar-refractivity contribution in [2.24, 2.45) is 13.0 Å². The van der Waals surface area contributed by atoms with Gasteiger partial charge >= 0.3 is 10.2 Å². The van der Waals surface area contributed by atoms with Crippen LogP contribution in [0.1, 0.15) is 41.4 Å².